The molecule has 1 aromatic carbocycles. The van der Waals surface area contributed by atoms with E-state index in [-0.39, 0.29) is 5.91 Å². The fourth-order valence-electron chi connectivity index (χ4n) is 1.93. The molecule has 0 saturated heterocycles. The molecule has 0 fully saturated rings. The summed E-state index contributed by atoms with van der Waals surface area (Å²) in [5.74, 6) is 0.199. The summed E-state index contributed by atoms with van der Waals surface area (Å²) in [5, 5.41) is 5.81. The van der Waals surface area contributed by atoms with Gasteiger partial charge in [0.05, 0.1) is 12.2 Å². The third-order valence-electron chi connectivity index (χ3n) is 3.41. The number of benzene rings is 1. The van der Waals surface area contributed by atoms with E-state index in [4.69, 9.17) is 5.73 Å². The zero-order chi connectivity index (χ0) is 15.5. The number of amides is 1. The van der Waals surface area contributed by atoms with E-state index in [0.29, 0.717) is 12.5 Å². The van der Waals surface area contributed by atoms with Gasteiger partial charge in [0.1, 0.15) is 10.5 Å². The van der Waals surface area contributed by atoms with Gasteiger partial charge in [0, 0.05) is 5.38 Å². The van der Waals surface area contributed by atoms with Gasteiger partial charge in [-0.2, -0.15) is 0 Å². The molecule has 0 saturated carbocycles. The Hall–Kier alpha value is -1.72. The first-order chi connectivity index (χ1) is 9.91. The molecule has 0 radical (unpaired) electrons. The van der Waals surface area contributed by atoms with Gasteiger partial charge in [-0.3, -0.25) is 4.79 Å². The van der Waals surface area contributed by atoms with Crippen LogP contribution in [0, 0.1) is 0 Å². The van der Waals surface area contributed by atoms with E-state index in [9.17, 15) is 4.79 Å². The smallest absolute Gasteiger partial charge is 0.244 e. The Morgan fingerprint density at radius 2 is 2.05 bits per heavy atom. The fraction of sp³-hybridized carbons (Fsp3) is 0.375. The number of hydrogen-bond acceptors (Lipinski definition) is 4. The zero-order valence-electron chi connectivity index (χ0n) is 12.6. The molecule has 4 nitrogen and oxygen atoms in total. The van der Waals surface area contributed by atoms with Crippen LogP contribution in [0.4, 0.5) is 0 Å². The van der Waals surface area contributed by atoms with Gasteiger partial charge >= 0.3 is 0 Å². The molecule has 0 aliphatic rings. The van der Waals surface area contributed by atoms with Crippen molar-refractivity contribution in [1.82, 2.24) is 10.3 Å². The molecule has 0 spiro atoms. The summed E-state index contributed by atoms with van der Waals surface area (Å²) >= 11 is 1.56. The summed E-state index contributed by atoms with van der Waals surface area (Å²) in [4.78, 5) is 16.8. The summed E-state index contributed by atoms with van der Waals surface area (Å²) in [6.45, 7) is 6.34. The fourth-order valence-corrected chi connectivity index (χ4v) is 2.82. The molecular weight excluding hydrogens is 282 g/mol. The predicted molar refractivity (Wildman–Crippen MR) is 86.0 cm³/mol. The van der Waals surface area contributed by atoms with Gasteiger partial charge in [-0.05, 0) is 18.4 Å². The van der Waals surface area contributed by atoms with Gasteiger partial charge in [0.25, 0.3) is 0 Å². The van der Waals surface area contributed by atoms with Gasteiger partial charge in [-0.25, -0.2) is 4.98 Å². The van der Waals surface area contributed by atoms with Crippen LogP contribution in [0.25, 0.3) is 0 Å². The van der Waals surface area contributed by atoms with Crippen molar-refractivity contribution in [2.45, 2.75) is 38.8 Å². The molecule has 1 unspecified atom stereocenters. The number of nitrogens with two attached hydrogens (primary N) is 1. The Morgan fingerprint density at radius 1 is 1.38 bits per heavy atom. The lowest BCUT2D eigenvalue weighted by molar-refractivity contribution is -0.126. The quantitative estimate of drug-likeness (QED) is 0.892. The van der Waals surface area contributed by atoms with Crippen LogP contribution < -0.4 is 11.1 Å². The van der Waals surface area contributed by atoms with Crippen molar-refractivity contribution in [3.05, 3.63) is 52.0 Å². The Labute approximate surface area is 129 Å². The van der Waals surface area contributed by atoms with Crippen molar-refractivity contribution >= 4 is 17.2 Å². The number of hydrogen-bond donors (Lipinski definition) is 2. The Kier molecular flexibility index (Phi) is 4.75. The van der Waals surface area contributed by atoms with E-state index < -0.39 is 5.54 Å². The maximum Gasteiger partial charge on any atom is 0.244 e. The Morgan fingerprint density at radius 3 is 2.62 bits per heavy atom. The highest BCUT2D eigenvalue weighted by atomic mass is 32.1. The summed E-state index contributed by atoms with van der Waals surface area (Å²) in [6, 6.07) is 9.38. The molecule has 1 aromatic heterocycles. The molecule has 1 atom stereocenters. The van der Waals surface area contributed by atoms with Crippen molar-refractivity contribution < 1.29 is 4.79 Å². The molecule has 2 aromatic rings. The number of nitrogens with one attached hydrogen (secondary N) is 1. The molecule has 0 bridgehead atoms. The van der Waals surface area contributed by atoms with Gasteiger partial charge in [-0.1, -0.05) is 44.2 Å². The number of nitrogens with zero attached hydrogens (tertiary/aromatic N) is 1. The largest absolute Gasteiger partial charge is 0.348 e. The first kappa shape index (κ1) is 15.7. The molecule has 112 valence electrons. The van der Waals surface area contributed by atoms with Crippen LogP contribution in [0.1, 0.15) is 43.0 Å². The summed E-state index contributed by atoms with van der Waals surface area (Å²) in [6.07, 6.45) is 0. The number of rotatable bonds is 5. The molecule has 5 heteroatoms. The van der Waals surface area contributed by atoms with E-state index in [1.54, 1.807) is 18.3 Å². The topological polar surface area (TPSA) is 68.0 Å². The molecule has 1 heterocycles. The Balaban J connectivity index is 2.01. The second-order valence-electron chi connectivity index (χ2n) is 5.57. The molecule has 1 amide bonds. The minimum Gasteiger partial charge on any atom is -0.348 e. The van der Waals surface area contributed by atoms with Crippen LogP contribution in [0.3, 0.4) is 0 Å². The maximum atomic E-state index is 12.3. The first-order valence-corrected chi connectivity index (χ1v) is 7.86. The molecule has 0 aliphatic heterocycles. The maximum absolute atomic E-state index is 12.3. The number of aromatic nitrogens is 1. The third-order valence-corrected chi connectivity index (χ3v) is 4.27. The van der Waals surface area contributed by atoms with Gasteiger partial charge in [-0.15, -0.1) is 11.3 Å². The van der Waals surface area contributed by atoms with Crippen molar-refractivity contribution in [3.63, 3.8) is 0 Å². The lowest BCUT2D eigenvalue weighted by Crippen LogP contribution is -2.48. The second-order valence-corrected chi connectivity index (χ2v) is 6.51. The van der Waals surface area contributed by atoms with E-state index in [0.717, 1.165) is 16.3 Å². The highest BCUT2D eigenvalue weighted by Crippen LogP contribution is 2.19. The zero-order valence-corrected chi connectivity index (χ0v) is 13.4. The van der Waals surface area contributed by atoms with Gasteiger partial charge in [0.2, 0.25) is 5.91 Å². The standard InChI is InChI=1S/C16H21N3OS/c1-11(2)13-10-21-14(19-13)9-18-15(20)16(3,17)12-7-5-4-6-8-12/h4-8,10-11H,9,17H2,1-3H3,(H,18,20). The lowest BCUT2D eigenvalue weighted by atomic mass is 9.92. The third kappa shape index (κ3) is 3.68. The van der Waals surface area contributed by atoms with Crippen molar-refractivity contribution in [1.29, 1.82) is 0 Å². The van der Waals surface area contributed by atoms with Crippen LogP contribution in [0.5, 0.6) is 0 Å². The van der Waals surface area contributed by atoms with Gasteiger partial charge in [0.15, 0.2) is 0 Å². The average Bonchev–Trinajstić information content (AvgIpc) is 2.94. The van der Waals surface area contributed by atoms with Crippen LogP contribution in [-0.2, 0) is 16.9 Å². The highest BCUT2D eigenvalue weighted by Gasteiger charge is 2.30. The number of thiazole rings is 1. The van der Waals surface area contributed by atoms with Crippen LogP contribution >= 0.6 is 11.3 Å². The SMILES string of the molecule is CC(C)c1csc(CNC(=O)C(C)(N)c2ccccc2)n1. The lowest BCUT2D eigenvalue weighted by Gasteiger charge is -2.23. The summed E-state index contributed by atoms with van der Waals surface area (Å²) in [5.41, 5.74) is 6.98. The van der Waals surface area contributed by atoms with Crippen LogP contribution in [0.15, 0.2) is 35.7 Å². The van der Waals surface area contributed by atoms with Crippen molar-refractivity contribution in [2.75, 3.05) is 0 Å². The van der Waals surface area contributed by atoms with Crippen LogP contribution in [-0.4, -0.2) is 10.9 Å². The first-order valence-electron chi connectivity index (χ1n) is 6.98. The van der Waals surface area contributed by atoms with Crippen molar-refractivity contribution in [2.24, 2.45) is 5.73 Å². The Bertz CT molecular complexity index is 605. The number of carbonyl (C=O) groups excluding carboxylic acids is 1. The molecular formula is C16H21N3OS. The van der Waals surface area contributed by atoms with E-state index in [1.807, 2.05) is 35.7 Å². The monoisotopic (exact) mass is 303 g/mol. The summed E-state index contributed by atoms with van der Waals surface area (Å²) in [7, 11) is 0. The van der Waals surface area contributed by atoms with E-state index >= 15 is 0 Å². The molecule has 2 rings (SSSR count). The molecule has 0 aliphatic carbocycles. The molecule has 3 N–H and O–H groups in total. The highest BCUT2D eigenvalue weighted by molar-refractivity contribution is 7.09. The normalized spacial score (nSPS) is 14.0. The molecule has 21 heavy (non-hydrogen) atoms. The second kappa shape index (κ2) is 6.37. The average molecular weight is 303 g/mol. The van der Waals surface area contributed by atoms with Crippen LogP contribution in [0.2, 0.25) is 0 Å². The number of carbonyl (C=O) groups is 1. The van der Waals surface area contributed by atoms with Gasteiger partial charge < -0.3 is 11.1 Å². The van der Waals surface area contributed by atoms with E-state index in [2.05, 4.69) is 24.1 Å². The van der Waals surface area contributed by atoms with Crippen molar-refractivity contribution in [3.8, 4) is 0 Å². The minimum atomic E-state index is -1.04. The minimum absolute atomic E-state index is 0.199. The van der Waals surface area contributed by atoms with E-state index in [1.165, 1.54) is 0 Å². The summed E-state index contributed by atoms with van der Waals surface area (Å²) < 4.78 is 0. The predicted octanol–water partition coefficient (Wildman–Crippen LogP) is 2.76.